The molecule has 0 saturated carbocycles. The Bertz CT molecular complexity index is 1120. The van der Waals surface area contributed by atoms with E-state index in [0.717, 1.165) is 4.31 Å². The van der Waals surface area contributed by atoms with E-state index in [1.807, 2.05) is 0 Å². The Kier molecular flexibility index (Phi) is 3.90. The van der Waals surface area contributed by atoms with Gasteiger partial charge in [-0.25, -0.2) is 17.5 Å². The molecule has 9 heteroatoms. The summed E-state index contributed by atoms with van der Waals surface area (Å²) >= 11 is 0. The number of nitrogens with one attached hydrogen (secondary N) is 1. The molecule has 0 spiro atoms. The van der Waals surface area contributed by atoms with Crippen LogP contribution < -0.4 is 11.3 Å². The first-order valence-electron chi connectivity index (χ1n) is 7.03. The normalized spacial score (nSPS) is 12.1. The van der Waals surface area contributed by atoms with E-state index in [-0.39, 0.29) is 22.5 Å². The second kappa shape index (κ2) is 5.77. The highest BCUT2D eigenvalue weighted by Crippen LogP contribution is 2.15. The number of rotatable bonds is 4. The zero-order valence-corrected chi connectivity index (χ0v) is 13.8. The molecule has 0 aliphatic carbocycles. The Morgan fingerprint density at radius 2 is 1.96 bits per heavy atom. The molecular weight excluding hydrogens is 334 g/mol. The second-order valence-corrected chi connectivity index (χ2v) is 7.59. The summed E-state index contributed by atoms with van der Waals surface area (Å²) in [6, 6.07) is 7.87. The number of H-pyrrole nitrogens is 1. The highest BCUT2D eigenvalue weighted by atomic mass is 32.2. The van der Waals surface area contributed by atoms with Crippen molar-refractivity contribution >= 4 is 21.1 Å². The van der Waals surface area contributed by atoms with E-state index in [9.17, 15) is 18.0 Å². The van der Waals surface area contributed by atoms with Crippen LogP contribution in [0.25, 0.3) is 11.1 Å². The molecule has 0 amide bonds. The van der Waals surface area contributed by atoms with Gasteiger partial charge in [-0.3, -0.25) is 9.78 Å². The smallest absolute Gasteiger partial charge is 0.408 e. The fourth-order valence-electron chi connectivity index (χ4n) is 2.32. The third-order valence-corrected chi connectivity index (χ3v) is 5.40. The number of aromatic amines is 1. The van der Waals surface area contributed by atoms with E-state index in [0.29, 0.717) is 5.56 Å². The lowest BCUT2D eigenvalue weighted by Gasteiger charge is -2.12. The lowest BCUT2D eigenvalue weighted by Crippen LogP contribution is -2.23. The number of aromatic nitrogens is 2. The monoisotopic (exact) mass is 349 g/mol. The van der Waals surface area contributed by atoms with Crippen LogP contribution in [0.15, 0.2) is 55.4 Å². The van der Waals surface area contributed by atoms with Gasteiger partial charge in [-0.05, 0) is 23.8 Å². The molecule has 2 heterocycles. The van der Waals surface area contributed by atoms with Crippen molar-refractivity contribution in [2.75, 3.05) is 14.1 Å². The number of hydrogen-bond donors (Lipinski definition) is 1. The largest absolute Gasteiger partial charge is 0.417 e. The summed E-state index contributed by atoms with van der Waals surface area (Å²) < 4.78 is 31.7. The summed E-state index contributed by atoms with van der Waals surface area (Å²) in [5.41, 5.74) is 0.495. The summed E-state index contributed by atoms with van der Waals surface area (Å²) in [4.78, 5) is 26.0. The number of benzene rings is 1. The molecule has 126 valence electrons. The summed E-state index contributed by atoms with van der Waals surface area (Å²) in [6.45, 7) is 0.165. The SMILES string of the molecule is CN(C)S(=O)(=O)c1cccc(Cn2ccc3oc(=O)[nH]c3c2=O)c1. The predicted molar refractivity (Wildman–Crippen MR) is 87.5 cm³/mol. The average Bonchev–Trinajstić information content (AvgIpc) is 2.92. The molecule has 0 fully saturated rings. The average molecular weight is 349 g/mol. The van der Waals surface area contributed by atoms with Crippen LogP contribution in [0.2, 0.25) is 0 Å². The van der Waals surface area contributed by atoms with Gasteiger partial charge in [0.05, 0.1) is 11.4 Å². The Morgan fingerprint density at radius 3 is 2.67 bits per heavy atom. The quantitative estimate of drug-likeness (QED) is 0.742. The lowest BCUT2D eigenvalue weighted by molar-refractivity contribution is 0.520. The van der Waals surface area contributed by atoms with Crippen LogP contribution in [-0.2, 0) is 16.6 Å². The molecule has 3 aromatic rings. The predicted octanol–water partition coefficient (Wildman–Crippen LogP) is 0.581. The minimum Gasteiger partial charge on any atom is -0.408 e. The van der Waals surface area contributed by atoms with Crippen LogP contribution >= 0.6 is 0 Å². The van der Waals surface area contributed by atoms with Crippen molar-refractivity contribution in [2.24, 2.45) is 0 Å². The van der Waals surface area contributed by atoms with Crippen molar-refractivity contribution in [3.8, 4) is 0 Å². The maximum atomic E-state index is 12.3. The molecule has 0 atom stereocenters. The molecular formula is C15H15N3O5S. The van der Waals surface area contributed by atoms with Crippen molar-refractivity contribution in [3.63, 3.8) is 0 Å². The van der Waals surface area contributed by atoms with Gasteiger partial charge in [0, 0.05) is 20.3 Å². The minimum absolute atomic E-state index is 0.0829. The molecule has 0 aliphatic heterocycles. The first kappa shape index (κ1) is 16.2. The lowest BCUT2D eigenvalue weighted by atomic mass is 10.2. The van der Waals surface area contributed by atoms with Gasteiger partial charge in [-0.15, -0.1) is 0 Å². The Balaban J connectivity index is 2.02. The number of pyridine rings is 1. The maximum absolute atomic E-state index is 12.3. The van der Waals surface area contributed by atoms with E-state index in [2.05, 4.69) is 4.98 Å². The number of hydrogen-bond acceptors (Lipinski definition) is 5. The van der Waals surface area contributed by atoms with Gasteiger partial charge in [0.15, 0.2) is 11.1 Å². The van der Waals surface area contributed by atoms with Gasteiger partial charge < -0.3 is 8.98 Å². The molecule has 0 aliphatic rings. The topological polar surface area (TPSA) is 105 Å². The highest BCUT2D eigenvalue weighted by molar-refractivity contribution is 7.89. The maximum Gasteiger partial charge on any atom is 0.417 e. The number of nitrogens with zero attached hydrogens (tertiary/aromatic N) is 2. The Labute approximate surface area is 137 Å². The highest BCUT2D eigenvalue weighted by Gasteiger charge is 2.17. The van der Waals surface area contributed by atoms with Crippen LogP contribution in [0.3, 0.4) is 0 Å². The van der Waals surface area contributed by atoms with Gasteiger partial charge >= 0.3 is 5.76 Å². The molecule has 0 radical (unpaired) electrons. The van der Waals surface area contributed by atoms with Crippen molar-refractivity contribution in [3.05, 3.63) is 63.0 Å². The van der Waals surface area contributed by atoms with Crippen molar-refractivity contribution < 1.29 is 12.8 Å². The van der Waals surface area contributed by atoms with E-state index in [4.69, 9.17) is 4.42 Å². The molecule has 0 saturated heterocycles. The Hall–Kier alpha value is -2.65. The Morgan fingerprint density at radius 1 is 1.21 bits per heavy atom. The standard InChI is InChI=1S/C15H15N3O5S/c1-17(2)24(21,22)11-5-3-4-10(8-11)9-18-7-6-12-13(14(18)19)16-15(20)23-12/h3-8H,9H2,1-2H3,(H,16,20). The third kappa shape index (κ3) is 2.79. The first-order chi connectivity index (χ1) is 11.3. The van der Waals surface area contributed by atoms with Crippen molar-refractivity contribution in [2.45, 2.75) is 11.4 Å². The fourth-order valence-corrected chi connectivity index (χ4v) is 3.29. The zero-order chi connectivity index (χ0) is 17.5. The van der Waals surface area contributed by atoms with Crippen LogP contribution in [0.1, 0.15) is 5.56 Å². The molecule has 2 aromatic heterocycles. The second-order valence-electron chi connectivity index (χ2n) is 5.44. The zero-order valence-electron chi connectivity index (χ0n) is 13.0. The van der Waals surface area contributed by atoms with Gasteiger partial charge in [0.1, 0.15) is 0 Å². The molecule has 0 unspecified atom stereocenters. The molecule has 3 rings (SSSR count). The number of fused-ring (bicyclic) bond motifs is 1. The van der Waals surface area contributed by atoms with Crippen LogP contribution in [0.5, 0.6) is 0 Å². The summed E-state index contributed by atoms with van der Waals surface area (Å²) in [7, 11) is -0.642. The molecule has 1 N–H and O–H groups in total. The van der Waals surface area contributed by atoms with Gasteiger partial charge in [-0.1, -0.05) is 12.1 Å². The summed E-state index contributed by atoms with van der Waals surface area (Å²) in [5, 5.41) is 0. The van der Waals surface area contributed by atoms with E-state index >= 15 is 0 Å². The molecule has 8 nitrogen and oxygen atoms in total. The fraction of sp³-hybridized carbons (Fsp3) is 0.200. The summed E-state index contributed by atoms with van der Waals surface area (Å²) in [5.74, 6) is -0.695. The number of oxazole rings is 1. The van der Waals surface area contributed by atoms with Crippen molar-refractivity contribution in [1.82, 2.24) is 13.9 Å². The third-order valence-electron chi connectivity index (χ3n) is 3.59. The van der Waals surface area contributed by atoms with E-state index in [1.165, 1.54) is 43.1 Å². The van der Waals surface area contributed by atoms with Crippen LogP contribution in [0, 0.1) is 0 Å². The molecule has 24 heavy (non-hydrogen) atoms. The minimum atomic E-state index is -3.55. The van der Waals surface area contributed by atoms with Crippen molar-refractivity contribution in [1.29, 1.82) is 0 Å². The van der Waals surface area contributed by atoms with E-state index < -0.39 is 21.3 Å². The van der Waals surface area contributed by atoms with Crippen LogP contribution in [0.4, 0.5) is 0 Å². The first-order valence-corrected chi connectivity index (χ1v) is 8.47. The summed E-state index contributed by atoms with van der Waals surface area (Å²) in [6.07, 6.45) is 1.49. The van der Waals surface area contributed by atoms with Gasteiger partial charge in [-0.2, -0.15) is 0 Å². The number of sulfonamides is 1. The molecule has 0 bridgehead atoms. The van der Waals surface area contributed by atoms with Crippen LogP contribution in [-0.4, -0.2) is 36.4 Å². The van der Waals surface area contributed by atoms with E-state index in [1.54, 1.807) is 12.1 Å². The molecule has 1 aromatic carbocycles. The van der Waals surface area contributed by atoms with Gasteiger partial charge in [0.2, 0.25) is 10.0 Å². The van der Waals surface area contributed by atoms with Gasteiger partial charge in [0.25, 0.3) is 5.56 Å².